The zero-order chi connectivity index (χ0) is 15.1. The van der Waals surface area contributed by atoms with E-state index in [0.29, 0.717) is 6.42 Å². The molecule has 20 heavy (non-hydrogen) atoms. The van der Waals surface area contributed by atoms with E-state index in [1.165, 1.54) is 44.9 Å². The summed E-state index contributed by atoms with van der Waals surface area (Å²) in [5.41, 5.74) is 0. The summed E-state index contributed by atoms with van der Waals surface area (Å²) in [6.45, 7) is 2.21. The molecule has 0 bridgehead atoms. The van der Waals surface area contributed by atoms with E-state index in [1.807, 2.05) is 0 Å². The van der Waals surface area contributed by atoms with E-state index >= 15 is 0 Å². The van der Waals surface area contributed by atoms with Crippen molar-refractivity contribution in [1.29, 1.82) is 0 Å². The summed E-state index contributed by atoms with van der Waals surface area (Å²) in [6, 6.07) is 0. The van der Waals surface area contributed by atoms with E-state index in [2.05, 4.69) is 21.9 Å². The molecule has 0 rings (SSSR count). The minimum atomic E-state index is -1.15. The fourth-order valence-corrected chi connectivity index (χ4v) is 2.09. The highest BCUT2D eigenvalue weighted by Crippen LogP contribution is 2.13. The molecule has 0 aliphatic heterocycles. The van der Waals surface area contributed by atoms with Gasteiger partial charge in [0.2, 0.25) is 0 Å². The average Bonchev–Trinajstić information content (AvgIpc) is 2.43. The van der Waals surface area contributed by atoms with Gasteiger partial charge in [0.05, 0.1) is 0 Å². The number of carboxylic acids is 1. The SMILES string of the molecule is CCCCCCCCCCCCC(OOO[O-])C(=O)O. The maximum Gasteiger partial charge on any atom is 0.336 e. The van der Waals surface area contributed by atoms with Gasteiger partial charge >= 0.3 is 5.97 Å². The zero-order valence-corrected chi connectivity index (χ0v) is 12.3. The number of rotatable bonds is 15. The van der Waals surface area contributed by atoms with Crippen molar-refractivity contribution < 1.29 is 30.1 Å². The van der Waals surface area contributed by atoms with E-state index in [9.17, 15) is 10.1 Å². The second kappa shape index (κ2) is 14.7. The minimum Gasteiger partial charge on any atom is -0.690 e. The predicted molar refractivity (Wildman–Crippen MR) is 71.1 cm³/mol. The van der Waals surface area contributed by atoms with Crippen LogP contribution in [0.15, 0.2) is 0 Å². The summed E-state index contributed by atoms with van der Waals surface area (Å²) in [7, 11) is 0. The molecule has 0 saturated carbocycles. The number of hydrogen-bond donors (Lipinski definition) is 1. The fraction of sp³-hybridized carbons (Fsp3) is 0.929. The molecule has 120 valence electrons. The third kappa shape index (κ3) is 12.3. The van der Waals surface area contributed by atoms with Crippen LogP contribution in [0.1, 0.15) is 77.6 Å². The molecule has 1 atom stereocenters. The lowest BCUT2D eigenvalue weighted by molar-refractivity contribution is -0.851. The molecule has 1 unspecified atom stereocenters. The summed E-state index contributed by atoms with van der Waals surface area (Å²) in [6.07, 6.45) is 10.9. The molecule has 0 radical (unpaired) electrons. The number of aliphatic carboxylic acids is 1. The van der Waals surface area contributed by atoms with E-state index in [1.54, 1.807) is 0 Å². The van der Waals surface area contributed by atoms with Gasteiger partial charge in [-0.1, -0.05) is 76.2 Å². The molecule has 0 amide bonds. The van der Waals surface area contributed by atoms with Gasteiger partial charge in [-0.3, -0.25) is 5.04 Å². The number of hydrogen-bond acceptors (Lipinski definition) is 5. The van der Waals surface area contributed by atoms with E-state index in [-0.39, 0.29) is 0 Å². The summed E-state index contributed by atoms with van der Waals surface area (Å²) in [5.74, 6) is -1.15. The van der Waals surface area contributed by atoms with Crippen molar-refractivity contribution in [2.45, 2.75) is 83.7 Å². The Kier molecular flexibility index (Phi) is 14.2. The molecule has 0 aromatic carbocycles. The first-order valence-corrected chi connectivity index (χ1v) is 7.57. The molecule has 6 nitrogen and oxygen atoms in total. The van der Waals surface area contributed by atoms with Crippen LogP contribution >= 0.6 is 0 Å². The van der Waals surface area contributed by atoms with Crippen molar-refractivity contribution >= 4 is 5.97 Å². The van der Waals surface area contributed by atoms with Crippen LogP contribution in [0.5, 0.6) is 0 Å². The Hall–Kier alpha value is -0.690. The van der Waals surface area contributed by atoms with Crippen molar-refractivity contribution in [1.82, 2.24) is 0 Å². The van der Waals surface area contributed by atoms with E-state index < -0.39 is 12.1 Å². The topological polar surface area (TPSA) is 88.0 Å². The van der Waals surface area contributed by atoms with Crippen LogP contribution < -0.4 is 5.26 Å². The van der Waals surface area contributed by atoms with Gasteiger partial charge in [0.15, 0.2) is 6.10 Å². The molecule has 0 saturated heterocycles. The molecule has 0 fully saturated rings. The molecule has 0 heterocycles. The maximum absolute atomic E-state index is 10.7. The predicted octanol–water partition coefficient (Wildman–Crippen LogP) is 2.91. The number of carboxylic acid groups (broad SMARTS) is 1. The van der Waals surface area contributed by atoms with Gasteiger partial charge in [-0.25, -0.2) is 4.79 Å². The van der Waals surface area contributed by atoms with Crippen LogP contribution in [-0.2, 0) is 19.8 Å². The summed E-state index contributed by atoms with van der Waals surface area (Å²) >= 11 is 0. The van der Waals surface area contributed by atoms with Gasteiger partial charge in [0.25, 0.3) is 0 Å². The lowest BCUT2D eigenvalue weighted by Crippen LogP contribution is -2.25. The van der Waals surface area contributed by atoms with Crippen molar-refractivity contribution in [3.8, 4) is 0 Å². The molecular formula is C14H27O6-. The smallest absolute Gasteiger partial charge is 0.336 e. The minimum absolute atomic E-state index is 0.315. The van der Waals surface area contributed by atoms with E-state index in [0.717, 1.165) is 19.3 Å². The quantitative estimate of drug-likeness (QED) is 0.283. The Labute approximate surface area is 120 Å². The Balaban J connectivity index is 3.34. The molecule has 0 spiro atoms. The average molecular weight is 291 g/mol. The highest BCUT2D eigenvalue weighted by molar-refractivity contribution is 5.72. The van der Waals surface area contributed by atoms with Crippen molar-refractivity contribution in [2.75, 3.05) is 0 Å². The first-order valence-electron chi connectivity index (χ1n) is 7.57. The Morgan fingerprint density at radius 2 is 1.50 bits per heavy atom. The van der Waals surface area contributed by atoms with Gasteiger partial charge in [-0.15, -0.1) is 0 Å². The lowest BCUT2D eigenvalue weighted by Gasteiger charge is -2.12. The standard InChI is InChI=1S/C14H28O6/c1-2-3-4-5-6-7-8-9-10-11-12-13(14(15)16)18-20-19-17/h13,17H,2-12H2,1H3,(H,15,16)/p-1. The van der Waals surface area contributed by atoms with Crippen LogP contribution in [-0.4, -0.2) is 17.2 Å². The first kappa shape index (κ1) is 19.3. The molecular weight excluding hydrogens is 264 g/mol. The third-order valence-electron chi connectivity index (χ3n) is 3.28. The second-order valence-electron chi connectivity index (χ2n) is 5.03. The largest absolute Gasteiger partial charge is 0.690 e. The van der Waals surface area contributed by atoms with Crippen LogP contribution in [0.2, 0.25) is 0 Å². The first-order chi connectivity index (χ1) is 9.72. The highest BCUT2D eigenvalue weighted by Gasteiger charge is 2.18. The maximum atomic E-state index is 10.7. The van der Waals surface area contributed by atoms with Crippen LogP contribution in [0.4, 0.5) is 0 Å². The summed E-state index contributed by atoms with van der Waals surface area (Å²) in [5, 5.41) is 25.0. The van der Waals surface area contributed by atoms with Gasteiger partial charge < -0.3 is 10.4 Å². The van der Waals surface area contributed by atoms with Gasteiger partial charge in [-0.2, -0.15) is 4.89 Å². The molecule has 0 aliphatic rings. The monoisotopic (exact) mass is 291 g/mol. The summed E-state index contributed by atoms with van der Waals surface area (Å²) < 4.78 is 0. The van der Waals surface area contributed by atoms with Crippen LogP contribution in [0.25, 0.3) is 0 Å². The molecule has 0 aliphatic carbocycles. The molecule has 6 heteroatoms. The normalized spacial score (nSPS) is 12.5. The Morgan fingerprint density at radius 3 is 1.95 bits per heavy atom. The fourth-order valence-electron chi connectivity index (χ4n) is 2.09. The van der Waals surface area contributed by atoms with Gasteiger partial charge in [0, 0.05) is 0 Å². The molecule has 0 aromatic heterocycles. The van der Waals surface area contributed by atoms with Crippen molar-refractivity contribution in [3.05, 3.63) is 0 Å². The van der Waals surface area contributed by atoms with Gasteiger partial charge in [0.1, 0.15) is 0 Å². The van der Waals surface area contributed by atoms with Crippen LogP contribution in [0.3, 0.4) is 0 Å². The van der Waals surface area contributed by atoms with Gasteiger partial charge in [-0.05, 0) is 6.42 Å². The molecule has 0 aromatic rings. The van der Waals surface area contributed by atoms with E-state index in [4.69, 9.17) is 5.11 Å². The van der Waals surface area contributed by atoms with Crippen LogP contribution in [0, 0.1) is 0 Å². The highest BCUT2D eigenvalue weighted by atomic mass is 17.6. The molecule has 1 N–H and O–H groups in total. The lowest BCUT2D eigenvalue weighted by atomic mass is 10.0. The number of carbonyl (C=O) groups is 1. The van der Waals surface area contributed by atoms with Crippen molar-refractivity contribution in [3.63, 3.8) is 0 Å². The Bertz CT molecular complexity index is 222. The summed E-state index contributed by atoms with van der Waals surface area (Å²) in [4.78, 5) is 15.0. The van der Waals surface area contributed by atoms with Crippen molar-refractivity contribution in [2.24, 2.45) is 0 Å². The second-order valence-corrected chi connectivity index (χ2v) is 5.03. The Morgan fingerprint density at radius 1 is 1.00 bits per heavy atom. The number of unbranched alkanes of at least 4 members (excludes halogenated alkanes) is 9. The third-order valence-corrected chi connectivity index (χ3v) is 3.28. The zero-order valence-electron chi connectivity index (χ0n) is 12.3.